The molecular weight excluding hydrogens is 500 g/mol. The van der Waals surface area contributed by atoms with E-state index in [4.69, 9.17) is 0 Å². The van der Waals surface area contributed by atoms with E-state index in [2.05, 4.69) is 32.5 Å². The summed E-state index contributed by atoms with van der Waals surface area (Å²) in [4.78, 5) is 49.4. The molecule has 4 heterocycles. The zero-order valence-corrected chi connectivity index (χ0v) is 21.3. The van der Waals surface area contributed by atoms with Crippen molar-refractivity contribution in [1.29, 1.82) is 0 Å². The summed E-state index contributed by atoms with van der Waals surface area (Å²) in [6.07, 6.45) is 7.07. The van der Waals surface area contributed by atoms with E-state index in [0.29, 0.717) is 11.4 Å². The van der Waals surface area contributed by atoms with Gasteiger partial charge in [-0.25, -0.2) is 9.78 Å². The molecule has 2 aromatic heterocycles. The number of hydrogen-bond donors (Lipinski definition) is 3. The molecule has 3 aromatic rings. The monoisotopic (exact) mass is 526 g/mol. The molecule has 2 unspecified atom stereocenters. The van der Waals surface area contributed by atoms with Gasteiger partial charge in [-0.15, -0.1) is 0 Å². The molecule has 3 N–H and O–H groups in total. The van der Waals surface area contributed by atoms with E-state index in [-0.39, 0.29) is 29.9 Å². The number of pyridine rings is 2. The maximum atomic E-state index is 13.5. The van der Waals surface area contributed by atoms with Gasteiger partial charge in [-0.3, -0.25) is 19.5 Å². The topological polar surface area (TPSA) is 116 Å². The van der Waals surface area contributed by atoms with Crippen molar-refractivity contribution in [2.75, 3.05) is 4.90 Å². The zero-order chi connectivity index (χ0) is 26.2. The summed E-state index contributed by atoms with van der Waals surface area (Å²) in [7, 11) is 0. The molecule has 1 saturated carbocycles. The Morgan fingerprint density at radius 1 is 1.05 bits per heavy atom. The van der Waals surface area contributed by atoms with E-state index in [1.54, 1.807) is 23.4 Å². The number of benzene rings is 1. The predicted octanol–water partition coefficient (Wildman–Crippen LogP) is 3.86. The zero-order valence-electron chi connectivity index (χ0n) is 20.5. The molecule has 9 nitrogen and oxygen atoms in total. The lowest BCUT2D eigenvalue weighted by Gasteiger charge is -2.34. The molecule has 6 rings (SSSR count). The summed E-state index contributed by atoms with van der Waals surface area (Å²) in [6.45, 7) is 3.51. The fraction of sp³-hybridized carbons (Fsp3) is 0.250. The highest BCUT2D eigenvalue weighted by Gasteiger charge is 2.47. The van der Waals surface area contributed by atoms with Crippen LogP contribution in [0.1, 0.15) is 30.9 Å². The van der Waals surface area contributed by atoms with Crippen LogP contribution in [0.5, 0.6) is 0 Å². The number of amides is 4. The Morgan fingerprint density at radius 2 is 1.82 bits per heavy atom. The Bertz CT molecular complexity index is 1430. The SMILES string of the molecule is C=CC(=O)N[C@@H]1CCC[C@H]1NC(=O)C1Sc2nccc3c2C1NC(=O)N3c1ccnc(-c2ccccc2)c1. The average Bonchev–Trinajstić information content (AvgIpc) is 3.54. The van der Waals surface area contributed by atoms with E-state index >= 15 is 0 Å². The Morgan fingerprint density at radius 3 is 2.61 bits per heavy atom. The van der Waals surface area contributed by atoms with Gasteiger partial charge in [0.15, 0.2) is 0 Å². The van der Waals surface area contributed by atoms with Crippen molar-refractivity contribution in [3.8, 4) is 11.3 Å². The molecule has 0 spiro atoms. The molecule has 4 atom stereocenters. The van der Waals surface area contributed by atoms with Gasteiger partial charge in [0.2, 0.25) is 11.8 Å². The van der Waals surface area contributed by atoms with Crippen LogP contribution in [-0.2, 0) is 9.59 Å². The molecule has 38 heavy (non-hydrogen) atoms. The Kier molecular flexibility index (Phi) is 6.32. The van der Waals surface area contributed by atoms with Crippen molar-refractivity contribution in [2.24, 2.45) is 0 Å². The minimum absolute atomic E-state index is 0.145. The van der Waals surface area contributed by atoms with Crippen LogP contribution >= 0.6 is 11.8 Å². The first-order valence-corrected chi connectivity index (χ1v) is 13.4. The molecule has 0 bridgehead atoms. The lowest BCUT2D eigenvalue weighted by molar-refractivity contribution is -0.122. The minimum Gasteiger partial charge on any atom is -0.350 e. The highest BCUT2D eigenvalue weighted by molar-refractivity contribution is 8.01. The first kappa shape index (κ1) is 24.2. The van der Waals surface area contributed by atoms with Crippen molar-refractivity contribution in [2.45, 2.75) is 47.7 Å². The molecule has 1 aromatic carbocycles. The molecule has 3 aliphatic rings. The van der Waals surface area contributed by atoms with E-state index in [0.717, 1.165) is 41.1 Å². The molecule has 0 saturated heterocycles. The fourth-order valence-corrected chi connectivity index (χ4v) is 6.65. The minimum atomic E-state index is -0.571. The maximum absolute atomic E-state index is 13.5. The van der Waals surface area contributed by atoms with Gasteiger partial charge in [-0.1, -0.05) is 48.7 Å². The van der Waals surface area contributed by atoms with Crippen molar-refractivity contribution in [1.82, 2.24) is 25.9 Å². The number of anilines is 2. The Balaban J connectivity index is 1.27. The smallest absolute Gasteiger partial charge is 0.327 e. The van der Waals surface area contributed by atoms with Crippen LogP contribution in [0.3, 0.4) is 0 Å². The van der Waals surface area contributed by atoms with Gasteiger partial charge >= 0.3 is 6.03 Å². The van der Waals surface area contributed by atoms with Crippen LogP contribution in [0, 0.1) is 0 Å². The van der Waals surface area contributed by atoms with Gasteiger partial charge in [-0.2, -0.15) is 0 Å². The summed E-state index contributed by atoms with van der Waals surface area (Å²) < 4.78 is 0. The summed E-state index contributed by atoms with van der Waals surface area (Å²) in [5.41, 5.74) is 3.91. The summed E-state index contributed by atoms with van der Waals surface area (Å²) in [5, 5.41) is 9.23. The number of thioether (sulfide) groups is 1. The highest BCUT2D eigenvalue weighted by Crippen LogP contribution is 2.50. The second-order valence-electron chi connectivity index (χ2n) is 9.48. The first-order chi connectivity index (χ1) is 18.5. The number of aromatic nitrogens is 2. The summed E-state index contributed by atoms with van der Waals surface area (Å²) in [6, 6.07) is 14.1. The fourth-order valence-electron chi connectivity index (χ4n) is 5.42. The summed E-state index contributed by atoms with van der Waals surface area (Å²) in [5.74, 6) is -0.434. The Hall–Kier alpha value is -4.18. The van der Waals surface area contributed by atoms with Crippen molar-refractivity contribution < 1.29 is 14.4 Å². The molecule has 4 amide bonds. The quantitative estimate of drug-likeness (QED) is 0.420. The van der Waals surface area contributed by atoms with Gasteiger partial charge < -0.3 is 16.0 Å². The average molecular weight is 527 g/mol. The van der Waals surface area contributed by atoms with E-state index in [1.165, 1.54) is 17.8 Å². The third kappa shape index (κ3) is 4.30. The van der Waals surface area contributed by atoms with E-state index in [1.807, 2.05) is 42.5 Å². The highest BCUT2D eigenvalue weighted by atomic mass is 32.2. The molecule has 192 valence electrons. The lowest BCUT2D eigenvalue weighted by atomic mass is 9.99. The number of carbonyl (C=O) groups excluding carboxylic acids is 3. The maximum Gasteiger partial charge on any atom is 0.327 e. The van der Waals surface area contributed by atoms with Gasteiger partial charge in [0.25, 0.3) is 0 Å². The third-order valence-electron chi connectivity index (χ3n) is 7.19. The molecule has 0 radical (unpaired) electrons. The van der Waals surface area contributed by atoms with Crippen LogP contribution in [0.4, 0.5) is 16.2 Å². The molecular formula is C28H26N6O3S. The van der Waals surface area contributed by atoms with Gasteiger partial charge in [0.1, 0.15) is 10.3 Å². The lowest BCUT2D eigenvalue weighted by Crippen LogP contribution is -2.53. The normalized spacial score (nSPS) is 23.4. The van der Waals surface area contributed by atoms with Crippen LogP contribution in [0.15, 0.2) is 78.6 Å². The number of rotatable bonds is 6. The second kappa shape index (κ2) is 9.94. The molecule has 2 aliphatic heterocycles. The van der Waals surface area contributed by atoms with Crippen molar-refractivity contribution in [3.05, 3.63) is 79.1 Å². The number of nitrogens with one attached hydrogen (secondary N) is 3. The van der Waals surface area contributed by atoms with Crippen LogP contribution in [-0.4, -0.2) is 45.1 Å². The van der Waals surface area contributed by atoms with Gasteiger partial charge in [0.05, 0.1) is 23.1 Å². The van der Waals surface area contributed by atoms with Crippen molar-refractivity contribution in [3.63, 3.8) is 0 Å². The van der Waals surface area contributed by atoms with Gasteiger partial charge in [0, 0.05) is 35.6 Å². The largest absolute Gasteiger partial charge is 0.350 e. The molecule has 10 heteroatoms. The van der Waals surface area contributed by atoms with Crippen LogP contribution < -0.4 is 20.9 Å². The number of nitrogens with zero attached hydrogens (tertiary/aromatic N) is 3. The van der Waals surface area contributed by atoms with E-state index in [9.17, 15) is 14.4 Å². The van der Waals surface area contributed by atoms with Crippen molar-refractivity contribution >= 4 is 41.0 Å². The van der Waals surface area contributed by atoms with Crippen LogP contribution in [0.25, 0.3) is 11.3 Å². The van der Waals surface area contributed by atoms with Crippen LogP contribution in [0.2, 0.25) is 0 Å². The summed E-state index contributed by atoms with van der Waals surface area (Å²) >= 11 is 1.35. The standard InChI is InChI=1S/C28H26N6O3S/c1-2-22(35)31-18-9-6-10-19(18)32-26(36)25-24-23-21(12-14-30-27(23)38-25)34(28(37)33-24)17-11-13-29-20(15-17)16-7-4-3-5-8-16/h2-5,7-8,11-15,18-19,24-25H,1,6,9-10H2,(H,31,35)(H,32,36)(H,33,37)/t18-,19-,24?,25?/m1/s1. The predicted molar refractivity (Wildman–Crippen MR) is 145 cm³/mol. The van der Waals surface area contributed by atoms with E-state index < -0.39 is 11.3 Å². The second-order valence-corrected chi connectivity index (χ2v) is 10.6. The Labute approximate surface area is 224 Å². The molecule has 1 aliphatic carbocycles. The van der Waals surface area contributed by atoms with Gasteiger partial charge in [-0.05, 0) is 43.5 Å². The number of carbonyl (C=O) groups is 3. The third-order valence-corrected chi connectivity index (χ3v) is 8.48. The first-order valence-electron chi connectivity index (χ1n) is 12.5. The molecule has 1 fully saturated rings. The number of hydrogen-bond acceptors (Lipinski definition) is 6. The number of urea groups is 1.